The van der Waals surface area contributed by atoms with Crippen LogP contribution in [0.3, 0.4) is 0 Å². The van der Waals surface area contributed by atoms with Gasteiger partial charge in [0.25, 0.3) is 0 Å². The Balaban J connectivity index is 2.61. The fraction of sp³-hybridized carbons (Fsp3) is 0.875. The predicted octanol–water partition coefficient (Wildman–Crippen LogP) is 2.11. The Morgan fingerprint density at radius 2 is 1.95 bits per heavy atom. The molecule has 0 aromatic heterocycles. The lowest BCUT2D eigenvalue weighted by Gasteiger charge is -2.39. The fourth-order valence-electron chi connectivity index (χ4n) is 2.84. The normalized spacial score (nSPS) is 23.8. The van der Waals surface area contributed by atoms with Gasteiger partial charge in [-0.05, 0) is 31.7 Å². The number of nitrogens with zero attached hydrogens (tertiary/aromatic N) is 1. The van der Waals surface area contributed by atoms with Crippen LogP contribution in [0.2, 0.25) is 0 Å². The summed E-state index contributed by atoms with van der Waals surface area (Å²) in [6.07, 6.45) is 2.86. The second-order valence-electron chi connectivity index (χ2n) is 7.21. The van der Waals surface area contributed by atoms with Gasteiger partial charge in [-0.25, -0.2) is 0 Å². The number of carboxylic acid groups (broad SMARTS) is 1. The zero-order valence-electron chi connectivity index (χ0n) is 13.8. The number of hydrogen-bond donors (Lipinski definition) is 2. The molecule has 2 N–H and O–H groups in total. The molecule has 1 amide bonds. The largest absolute Gasteiger partial charge is 0.481 e. The van der Waals surface area contributed by atoms with Gasteiger partial charge in [0.05, 0.1) is 0 Å². The van der Waals surface area contributed by atoms with E-state index in [2.05, 4.69) is 17.1 Å². The Morgan fingerprint density at radius 1 is 1.29 bits per heavy atom. The van der Waals surface area contributed by atoms with Crippen LogP contribution in [0.1, 0.15) is 53.4 Å². The van der Waals surface area contributed by atoms with Gasteiger partial charge in [-0.1, -0.05) is 27.7 Å². The Morgan fingerprint density at radius 3 is 2.48 bits per heavy atom. The highest BCUT2D eigenvalue weighted by molar-refractivity contribution is 5.81. The third kappa shape index (κ3) is 6.46. The van der Waals surface area contributed by atoms with Gasteiger partial charge in [-0.3, -0.25) is 9.59 Å². The van der Waals surface area contributed by atoms with Gasteiger partial charge in [0.1, 0.15) is 0 Å². The van der Waals surface area contributed by atoms with Crippen molar-refractivity contribution in [2.45, 2.75) is 59.4 Å². The molecular weight excluding hydrogens is 268 g/mol. The Kier molecular flexibility index (Phi) is 6.65. The first-order valence-electron chi connectivity index (χ1n) is 7.97. The highest BCUT2D eigenvalue weighted by atomic mass is 16.4. The lowest BCUT2D eigenvalue weighted by atomic mass is 9.88. The number of hydrogen-bond acceptors (Lipinski definition) is 3. The molecule has 1 fully saturated rings. The number of rotatable bonds is 6. The minimum Gasteiger partial charge on any atom is -0.481 e. The van der Waals surface area contributed by atoms with Gasteiger partial charge >= 0.3 is 5.97 Å². The van der Waals surface area contributed by atoms with E-state index in [-0.39, 0.29) is 23.8 Å². The molecule has 0 radical (unpaired) electrons. The summed E-state index contributed by atoms with van der Waals surface area (Å²) in [4.78, 5) is 25.3. The van der Waals surface area contributed by atoms with Crippen LogP contribution in [0, 0.1) is 11.3 Å². The molecular formula is C16H30N2O3. The quantitative estimate of drug-likeness (QED) is 0.788. The molecule has 0 aliphatic carbocycles. The number of carboxylic acids is 1. The van der Waals surface area contributed by atoms with Crippen molar-refractivity contribution in [1.82, 2.24) is 10.2 Å². The Hall–Kier alpha value is -1.10. The van der Waals surface area contributed by atoms with Crippen LogP contribution < -0.4 is 5.32 Å². The molecule has 122 valence electrons. The summed E-state index contributed by atoms with van der Waals surface area (Å²) < 4.78 is 0. The first kappa shape index (κ1) is 18.0. The molecule has 1 aliphatic heterocycles. The van der Waals surface area contributed by atoms with E-state index in [1.807, 2.05) is 20.8 Å². The molecule has 2 unspecified atom stereocenters. The van der Waals surface area contributed by atoms with E-state index in [9.17, 15) is 9.59 Å². The average molecular weight is 298 g/mol. The smallest absolute Gasteiger partial charge is 0.303 e. The van der Waals surface area contributed by atoms with E-state index in [4.69, 9.17) is 5.11 Å². The topological polar surface area (TPSA) is 69.6 Å². The molecule has 1 aliphatic rings. The first-order chi connectivity index (χ1) is 9.72. The molecule has 1 heterocycles. The maximum absolute atomic E-state index is 12.1. The van der Waals surface area contributed by atoms with Gasteiger partial charge < -0.3 is 15.3 Å². The van der Waals surface area contributed by atoms with E-state index in [1.165, 1.54) is 0 Å². The molecule has 2 atom stereocenters. The molecule has 0 bridgehead atoms. The second kappa shape index (κ2) is 7.78. The van der Waals surface area contributed by atoms with Gasteiger partial charge in [-0.15, -0.1) is 0 Å². The van der Waals surface area contributed by atoms with Crippen LogP contribution >= 0.6 is 0 Å². The van der Waals surface area contributed by atoms with Crippen LogP contribution in [0.25, 0.3) is 0 Å². The second-order valence-corrected chi connectivity index (χ2v) is 7.21. The molecule has 5 nitrogen and oxygen atoms in total. The van der Waals surface area contributed by atoms with E-state index < -0.39 is 5.97 Å². The monoisotopic (exact) mass is 298 g/mol. The summed E-state index contributed by atoms with van der Waals surface area (Å²) in [7, 11) is 0. The minimum absolute atomic E-state index is 0.0721. The number of amides is 1. The maximum Gasteiger partial charge on any atom is 0.303 e. The van der Waals surface area contributed by atoms with Crippen molar-refractivity contribution in [3.8, 4) is 0 Å². The number of nitrogens with one attached hydrogen (secondary N) is 1. The van der Waals surface area contributed by atoms with Crippen molar-refractivity contribution in [3.63, 3.8) is 0 Å². The Bertz CT molecular complexity index is 363. The molecule has 0 saturated carbocycles. The molecule has 21 heavy (non-hydrogen) atoms. The average Bonchev–Trinajstić information content (AvgIpc) is 2.35. The van der Waals surface area contributed by atoms with Gasteiger partial charge in [0.15, 0.2) is 0 Å². The van der Waals surface area contributed by atoms with Crippen molar-refractivity contribution in [2.24, 2.45) is 11.3 Å². The van der Waals surface area contributed by atoms with Crippen LogP contribution in [-0.4, -0.2) is 47.6 Å². The fourth-order valence-corrected chi connectivity index (χ4v) is 2.84. The zero-order chi connectivity index (χ0) is 16.0. The van der Waals surface area contributed by atoms with Gasteiger partial charge in [0, 0.05) is 31.0 Å². The van der Waals surface area contributed by atoms with Crippen molar-refractivity contribution in [3.05, 3.63) is 0 Å². The van der Waals surface area contributed by atoms with E-state index in [1.54, 1.807) is 0 Å². The van der Waals surface area contributed by atoms with E-state index >= 15 is 0 Å². The minimum atomic E-state index is -0.738. The summed E-state index contributed by atoms with van der Waals surface area (Å²) in [5.74, 6) is -0.313. The van der Waals surface area contributed by atoms with Crippen LogP contribution in [-0.2, 0) is 9.59 Å². The van der Waals surface area contributed by atoms with Gasteiger partial charge in [0.2, 0.25) is 5.91 Å². The number of aliphatic carboxylic acids is 1. The molecule has 5 heteroatoms. The maximum atomic E-state index is 12.1. The summed E-state index contributed by atoms with van der Waals surface area (Å²) in [6, 6.07) is 0.135. The number of carbonyl (C=O) groups excluding carboxylic acids is 1. The summed E-state index contributed by atoms with van der Waals surface area (Å²) in [6.45, 7) is 10.7. The van der Waals surface area contributed by atoms with Crippen molar-refractivity contribution in [2.75, 3.05) is 19.6 Å². The highest BCUT2D eigenvalue weighted by Gasteiger charge is 2.30. The Labute approximate surface area is 128 Å². The van der Waals surface area contributed by atoms with Crippen LogP contribution in [0.4, 0.5) is 0 Å². The van der Waals surface area contributed by atoms with Crippen molar-refractivity contribution < 1.29 is 14.7 Å². The van der Waals surface area contributed by atoms with Gasteiger partial charge in [-0.2, -0.15) is 0 Å². The number of carbonyl (C=O) groups is 2. The molecule has 0 aromatic rings. The zero-order valence-corrected chi connectivity index (χ0v) is 13.8. The summed E-state index contributed by atoms with van der Waals surface area (Å²) >= 11 is 0. The first-order valence-corrected chi connectivity index (χ1v) is 7.97. The number of piperidine rings is 1. The number of likely N-dealkylation sites (tertiary alicyclic amines) is 1. The lowest BCUT2D eigenvalue weighted by Crippen LogP contribution is -2.53. The predicted molar refractivity (Wildman–Crippen MR) is 83.1 cm³/mol. The van der Waals surface area contributed by atoms with E-state index in [0.717, 1.165) is 32.5 Å². The summed E-state index contributed by atoms with van der Waals surface area (Å²) in [5.41, 5.74) is -0.385. The van der Waals surface area contributed by atoms with Crippen molar-refractivity contribution in [1.29, 1.82) is 0 Å². The third-order valence-corrected chi connectivity index (χ3v) is 3.94. The van der Waals surface area contributed by atoms with Crippen LogP contribution in [0.5, 0.6) is 0 Å². The van der Waals surface area contributed by atoms with Crippen LogP contribution in [0.15, 0.2) is 0 Å². The molecule has 1 rings (SSSR count). The van der Waals surface area contributed by atoms with Crippen molar-refractivity contribution >= 4 is 11.9 Å². The molecule has 0 spiro atoms. The van der Waals surface area contributed by atoms with E-state index in [0.29, 0.717) is 12.3 Å². The lowest BCUT2D eigenvalue weighted by molar-refractivity contribution is -0.137. The third-order valence-electron chi connectivity index (χ3n) is 3.94. The molecule has 1 saturated heterocycles. The molecule has 0 aromatic carbocycles. The summed E-state index contributed by atoms with van der Waals surface area (Å²) in [5, 5.41) is 12.0. The highest BCUT2D eigenvalue weighted by Crippen LogP contribution is 2.23. The SMILES string of the molecule is CCCN1CC(CCC(=O)O)CC(NC(=O)C(C)(C)C)C1. The standard InChI is InChI=1S/C16H30N2O3/c1-5-8-18-10-12(6-7-14(19)20)9-13(11-18)17-15(21)16(2,3)4/h12-13H,5-11H2,1-4H3,(H,17,21)(H,19,20).